The van der Waals surface area contributed by atoms with Crippen molar-refractivity contribution >= 4 is 17.5 Å². The Hall–Kier alpha value is -3.87. The molecular weight excluding hydrogens is 427 g/mol. The van der Waals surface area contributed by atoms with Crippen LogP contribution >= 0.6 is 11.6 Å². The second-order valence-corrected chi connectivity index (χ2v) is 6.20. The molecule has 4 aromatic rings. The maximum absolute atomic E-state index is 13.8. The lowest BCUT2D eigenvalue weighted by Gasteiger charge is -2.11. The molecule has 4 aromatic heterocycles. The molecule has 0 aliphatic carbocycles. The van der Waals surface area contributed by atoms with E-state index in [0.717, 1.165) is 23.5 Å². The van der Waals surface area contributed by atoms with E-state index in [-0.39, 0.29) is 27.8 Å². The molecule has 4 rings (SSSR count). The summed E-state index contributed by atoms with van der Waals surface area (Å²) in [6.45, 7) is 0. The maximum atomic E-state index is 13.8. The number of halogens is 4. The van der Waals surface area contributed by atoms with Gasteiger partial charge < -0.3 is 5.73 Å². The van der Waals surface area contributed by atoms with Crippen LogP contribution in [0.2, 0.25) is 5.02 Å². The Morgan fingerprint density at radius 1 is 1.10 bits per heavy atom. The Bertz CT molecular complexity index is 1220. The lowest BCUT2D eigenvalue weighted by molar-refractivity contribution is -0.143. The van der Waals surface area contributed by atoms with Gasteiger partial charge in [0.2, 0.25) is 0 Å². The molecule has 0 aliphatic heterocycles. The molecule has 0 saturated heterocycles. The first-order valence-corrected chi connectivity index (χ1v) is 8.43. The third-order valence-electron chi connectivity index (χ3n) is 3.90. The van der Waals surface area contributed by atoms with Crippen LogP contribution in [0, 0.1) is 0 Å². The van der Waals surface area contributed by atoms with Gasteiger partial charge in [0.25, 0.3) is 5.91 Å². The topological polar surface area (TPSA) is 130 Å². The molecule has 0 unspecified atom stereocenters. The van der Waals surface area contributed by atoms with Gasteiger partial charge in [-0.05, 0) is 6.07 Å². The molecule has 0 radical (unpaired) electrons. The number of hydrogen-bond acceptors (Lipinski definition) is 7. The Morgan fingerprint density at radius 2 is 1.77 bits per heavy atom. The highest BCUT2D eigenvalue weighted by Crippen LogP contribution is 2.38. The summed E-state index contributed by atoms with van der Waals surface area (Å²) >= 11 is 6.20. The van der Waals surface area contributed by atoms with E-state index in [0.29, 0.717) is 4.68 Å². The second-order valence-electron chi connectivity index (χ2n) is 5.79. The zero-order chi connectivity index (χ0) is 21.5. The van der Waals surface area contributed by atoms with E-state index in [1.54, 1.807) is 0 Å². The largest absolute Gasteiger partial charge is 0.434 e. The van der Waals surface area contributed by atoms with Gasteiger partial charge >= 0.3 is 6.18 Å². The number of rotatable bonds is 4. The van der Waals surface area contributed by atoms with E-state index in [2.05, 4.69) is 30.2 Å². The number of hydrogen-bond donors (Lipinski definition) is 1. The minimum atomic E-state index is -4.96. The van der Waals surface area contributed by atoms with E-state index in [1.807, 2.05) is 0 Å². The molecule has 152 valence electrons. The number of carbonyl (C=O) groups excluding carboxylic acids is 1. The van der Waals surface area contributed by atoms with Gasteiger partial charge in [-0.2, -0.15) is 28.5 Å². The highest BCUT2D eigenvalue weighted by atomic mass is 35.5. The van der Waals surface area contributed by atoms with E-state index >= 15 is 0 Å². The Balaban J connectivity index is 1.96. The first kappa shape index (κ1) is 19.4. The maximum Gasteiger partial charge on any atom is 0.434 e. The zero-order valence-electron chi connectivity index (χ0n) is 14.6. The smallest absolute Gasteiger partial charge is 0.365 e. The van der Waals surface area contributed by atoms with Crippen LogP contribution in [-0.4, -0.2) is 45.6 Å². The molecule has 0 aromatic carbocycles. The fraction of sp³-hybridized carbons (Fsp3) is 0.0625. The van der Waals surface area contributed by atoms with Gasteiger partial charge in [0.1, 0.15) is 17.7 Å². The number of amides is 1. The van der Waals surface area contributed by atoms with Gasteiger partial charge in [0, 0.05) is 11.8 Å². The van der Waals surface area contributed by atoms with Crippen molar-refractivity contribution in [2.24, 2.45) is 5.73 Å². The van der Waals surface area contributed by atoms with Crippen LogP contribution in [0.3, 0.4) is 0 Å². The molecule has 0 fully saturated rings. The van der Waals surface area contributed by atoms with Crippen molar-refractivity contribution in [3.8, 4) is 22.8 Å². The molecule has 0 atom stereocenters. The average molecular weight is 436 g/mol. The average Bonchev–Trinajstić information content (AvgIpc) is 3.36. The third-order valence-corrected chi connectivity index (χ3v) is 4.17. The Morgan fingerprint density at radius 3 is 2.33 bits per heavy atom. The first-order chi connectivity index (χ1) is 14.3. The van der Waals surface area contributed by atoms with Gasteiger partial charge in [-0.15, -0.1) is 4.80 Å². The van der Waals surface area contributed by atoms with Crippen LogP contribution < -0.4 is 5.73 Å². The molecule has 0 saturated carbocycles. The van der Waals surface area contributed by atoms with Gasteiger partial charge in [0.05, 0.1) is 35.4 Å². The molecule has 30 heavy (non-hydrogen) atoms. The zero-order valence-corrected chi connectivity index (χ0v) is 15.4. The van der Waals surface area contributed by atoms with Crippen LogP contribution in [0.25, 0.3) is 22.8 Å². The molecule has 0 aliphatic rings. The van der Waals surface area contributed by atoms with E-state index in [9.17, 15) is 18.0 Å². The summed E-state index contributed by atoms with van der Waals surface area (Å²) in [5, 5.41) is 11.7. The van der Waals surface area contributed by atoms with Crippen molar-refractivity contribution in [1.29, 1.82) is 0 Å². The molecule has 0 spiro atoms. The van der Waals surface area contributed by atoms with E-state index in [1.165, 1.54) is 24.7 Å². The molecular formula is C16H9ClF3N9O. The lowest BCUT2D eigenvalue weighted by atomic mass is 10.1. The van der Waals surface area contributed by atoms with Crippen LogP contribution in [0.5, 0.6) is 0 Å². The third kappa shape index (κ3) is 3.34. The standard InChI is InChI=1S/C16H9ClF3N9O/c17-10-3-8(4-24-15(10)29-25-1-2-26-29)12-11(14(21)30)13(16(18,19)20)28(27-12)9-5-22-7-23-6-9/h1-7H,(H2,21,30). The van der Waals surface area contributed by atoms with Gasteiger partial charge in [0.15, 0.2) is 11.5 Å². The number of primary amides is 1. The van der Waals surface area contributed by atoms with E-state index in [4.69, 9.17) is 17.3 Å². The van der Waals surface area contributed by atoms with Crippen molar-refractivity contribution in [3.63, 3.8) is 0 Å². The van der Waals surface area contributed by atoms with Gasteiger partial charge in [-0.25, -0.2) is 19.6 Å². The van der Waals surface area contributed by atoms with Crippen LogP contribution in [0.1, 0.15) is 16.1 Å². The summed E-state index contributed by atoms with van der Waals surface area (Å²) < 4.78 is 42.0. The lowest BCUT2D eigenvalue weighted by Crippen LogP contribution is -2.21. The van der Waals surface area contributed by atoms with Crippen LogP contribution in [-0.2, 0) is 6.18 Å². The minimum Gasteiger partial charge on any atom is -0.365 e. The molecule has 0 bridgehead atoms. The van der Waals surface area contributed by atoms with Crippen LogP contribution in [0.4, 0.5) is 13.2 Å². The van der Waals surface area contributed by atoms with Gasteiger partial charge in [-0.3, -0.25) is 4.79 Å². The fourth-order valence-corrected chi connectivity index (χ4v) is 2.98. The summed E-state index contributed by atoms with van der Waals surface area (Å²) in [5.74, 6) is -1.19. The summed E-state index contributed by atoms with van der Waals surface area (Å²) in [7, 11) is 0. The number of carbonyl (C=O) groups is 1. The summed E-state index contributed by atoms with van der Waals surface area (Å²) in [6.07, 6.45) is 2.39. The monoisotopic (exact) mass is 435 g/mol. The van der Waals surface area contributed by atoms with Crippen LogP contribution in [0.15, 0.2) is 43.4 Å². The van der Waals surface area contributed by atoms with Crippen molar-refractivity contribution in [2.75, 3.05) is 0 Å². The minimum absolute atomic E-state index is 0.0188. The second kappa shape index (κ2) is 7.18. The first-order valence-electron chi connectivity index (χ1n) is 8.05. The normalized spacial score (nSPS) is 11.6. The number of pyridine rings is 1. The quantitative estimate of drug-likeness (QED) is 0.519. The summed E-state index contributed by atoms with van der Waals surface area (Å²) in [5.41, 5.74) is 2.64. The van der Waals surface area contributed by atoms with Crippen molar-refractivity contribution in [1.82, 2.24) is 39.7 Å². The Kier molecular flexibility index (Phi) is 4.66. The van der Waals surface area contributed by atoms with Crippen molar-refractivity contribution in [2.45, 2.75) is 6.18 Å². The van der Waals surface area contributed by atoms with E-state index < -0.39 is 23.3 Å². The summed E-state index contributed by atoms with van der Waals surface area (Å²) in [4.78, 5) is 24.6. The SMILES string of the molecule is NC(=O)c1c(-c2cnc(-n3nccn3)c(Cl)c2)nn(-c2cncnc2)c1C(F)(F)F. The Labute approximate surface area is 170 Å². The number of alkyl halides is 3. The molecule has 10 nitrogen and oxygen atoms in total. The highest BCUT2D eigenvalue weighted by molar-refractivity contribution is 6.32. The summed E-state index contributed by atoms with van der Waals surface area (Å²) in [6, 6.07) is 1.29. The number of nitrogens with zero attached hydrogens (tertiary/aromatic N) is 8. The highest BCUT2D eigenvalue weighted by Gasteiger charge is 2.42. The molecule has 1 amide bonds. The van der Waals surface area contributed by atoms with Crippen molar-refractivity contribution in [3.05, 3.63) is 59.7 Å². The van der Waals surface area contributed by atoms with Gasteiger partial charge in [-0.1, -0.05) is 11.6 Å². The number of aromatic nitrogens is 8. The molecule has 4 heterocycles. The molecule has 2 N–H and O–H groups in total. The predicted molar refractivity (Wildman–Crippen MR) is 95.8 cm³/mol. The predicted octanol–water partition coefficient (Wildman–Crippen LogP) is 2.08. The fourth-order valence-electron chi connectivity index (χ4n) is 2.74. The van der Waals surface area contributed by atoms with Crippen molar-refractivity contribution < 1.29 is 18.0 Å². The number of nitrogens with two attached hydrogens (primary N) is 1. The molecule has 14 heteroatoms.